The van der Waals surface area contributed by atoms with E-state index in [1.165, 1.54) is 24.9 Å². The molecule has 1 aliphatic heterocycles. The Morgan fingerprint density at radius 3 is 3.06 bits per heavy atom. The lowest BCUT2D eigenvalue weighted by Crippen LogP contribution is -2.21. The van der Waals surface area contributed by atoms with E-state index in [2.05, 4.69) is 42.2 Å². The number of hydrogen-bond acceptors (Lipinski definition) is 3. The second kappa shape index (κ2) is 5.50. The third-order valence-corrected chi connectivity index (χ3v) is 3.71. The van der Waals surface area contributed by atoms with Crippen LogP contribution >= 0.6 is 0 Å². The molecule has 1 aliphatic rings. The molecule has 3 heteroatoms. The SMILES string of the molecule is CC[C@H](C)Nc1ncccc1[C@@H]1CCCN1C. The molecule has 2 atom stereocenters. The minimum atomic E-state index is 0.482. The smallest absolute Gasteiger partial charge is 0.130 e. The predicted octanol–water partition coefficient (Wildman–Crippen LogP) is 3.06. The first-order valence-electron chi connectivity index (χ1n) is 6.64. The maximum absolute atomic E-state index is 4.51. The van der Waals surface area contributed by atoms with E-state index in [1.807, 2.05) is 12.3 Å². The molecule has 1 fully saturated rings. The first-order chi connectivity index (χ1) is 8.22. The summed E-state index contributed by atoms with van der Waals surface area (Å²) in [5, 5.41) is 3.52. The molecular weight excluding hydrogens is 210 g/mol. The molecular formula is C14H23N3. The van der Waals surface area contributed by atoms with Crippen molar-refractivity contribution in [3.05, 3.63) is 23.9 Å². The van der Waals surface area contributed by atoms with E-state index in [-0.39, 0.29) is 0 Å². The molecule has 0 saturated carbocycles. The Morgan fingerprint density at radius 1 is 1.59 bits per heavy atom. The zero-order valence-corrected chi connectivity index (χ0v) is 11.1. The Kier molecular flexibility index (Phi) is 4.00. The summed E-state index contributed by atoms with van der Waals surface area (Å²) in [4.78, 5) is 6.94. The molecule has 3 nitrogen and oxygen atoms in total. The highest BCUT2D eigenvalue weighted by Crippen LogP contribution is 2.33. The van der Waals surface area contributed by atoms with Gasteiger partial charge >= 0.3 is 0 Å². The van der Waals surface area contributed by atoms with Crippen LogP contribution in [0.4, 0.5) is 5.82 Å². The highest BCUT2D eigenvalue weighted by atomic mass is 15.2. The van der Waals surface area contributed by atoms with Crippen molar-refractivity contribution >= 4 is 5.82 Å². The first-order valence-corrected chi connectivity index (χ1v) is 6.64. The van der Waals surface area contributed by atoms with Gasteiger partial charge in [0.1, 0.15) is 5.82 Å². The lowest BCUT2D eigenvalue weighted by molar-refractivity contribution is 0.317. The fourth-order valence-corrected chi connectivity index (χ4v) is 2.45. The maximum atomic E-state index is 4.51. The normalized spacial score (nSPS) is 22.6. The molecule has 1 aromatic heterocycles. The first kappa shape index (κ1) is 12.4. The van der Waals surface area contributed by atoms with Crippen LogP contribution in [0.3, 0.4) is 0 Å². The van der Waals surface area contributed by atoms with E-state index in [0.717, 1.165) is 12.2 Å². The summed E-state index contributed by atoms with van der Waals surface area (Å²) in [5.74, 6) is 1.07. The van der Waals surface area contributed by atoms with E-state index in [0.29, 0.717) is 12.1 Å². The molecule has 0 aromatic carbocycles. The predicted molar refractivity (Wildman–Crippen MR) is 72.2 cm³/mol. The molecule has 0 bridgehead atoms. The number of rotatable bonds is 4. The zero-order valence-electron chi connectivity index (χ0n) is 11.1. The van der Waals surface area contributed by atoms with Gasteiger partial charge in [0.25, 0.3) is 0 Å². The molecule has 1 saturated heterocycles. The quantitative estimate of drug-likeness (QED) is 0.866. The average Bonchev–Trinajstić information content (AvgIpc) is 2.76. The van der Waals surface area contributed by atoms with Crippen molar-refractivity contribution < 1.29 is 0 Å². The van der Waals surface area contributed by atoms with Gasteiger partial charge in [-0.15, -0.1) is 0 Å². The van der Waals surface area contributed by atoms with Crippen molar-refractivity contribution in [1.82, 2.24) is 9.88 Å². The lowest BCUT2D eigenvalue weighted by Gasteiger charge is -2.23. The van der Waals surface area contributed by atoms with Gasteiger partial charge in [-0.05, 0) is 45.8 Å². The van der Waals surface area contributed by atoms with E-state index >= 15 is 0 Å². The maximum Gasteiger partial charge on any atom is 0.130 e. The number of hydrogen-bond donors (Lipinski definition) is 1. The van der Waals surface area contributed by atoms with Crippen LogP contribution < -0.4 is 5.32 Å². The number of likely N-dealkylation sites (tertiary alicyclic amines) is 1. The second-order valence-corrected chi connectivity index (χ2v) is 5.03. The van der Waals surface area contributed by atoms with Crippen LogP contribution in [0.5, 0.6) is 0 Å². The topological polar surface area (TPSA) is 28.2 Å². The second-order valence-electron chi connectivity index (χ2n) is 5.03. The summed E-state index contributed by atoms with van der Waals surface area (Å²) in [5.41, 5.74) is 1.35. The van der Waals surface area contributed by atoms with Crippen molar-refractivity contribution in [3.63, 3.8) is 0 Å². The monoisotopic (exact) mass is 233 g/mol. The van der Waals surface area contributed by atoms with Crippen molar-refractivity contribution in [2.24, 2.45) is 0 Å². The van der Waals surface area contributed by atoms with Crippen LogP contribution in [0.25, 0.3) is 0 Å². The fourth-order valence-electron chi connectivity index (χ4n) is 2.45. The molecule has 94 valence electrons. The molecule has 2 heterocycles. The molecule has 1 N–H and O–H groups in total. The molecule has 0 spiro atoms. The van der Waals surface area contributed by atoms with Crippen molar-refractivity contribution in [3.8, 4) is 0 Å². The minimum Gasteiger partial charge on any atom is -0.367 e. The summed E-state index contributed by atoms with van der Waals surface area (Å²) in [6.45, 7) is 5.60. The summed E-state index contributed by atoms with van der Waals surface area (Å²) in [6.07, 6.45) is 5.54. The van der Waals surface area contributed by atoms with Gasteiger partial charge in [-0.1, -0.05) is 13.0 Å². The third-order valence-electron chi connectivity index (χ3n) is 3.71. The van der Waals surface area contributed by atoms with Gasteiger partial charge in [0.15, 0.2) is 0 Å². The number of nitrogens with one attached hydrogen (secondary N) is 1. The fraction of sp³-hybridized carbons (Fsp3) is 0.643. The van der Waals surface area contributed by atoms with Crippen LogP contribution in [-0.4, -0.2) is 29.5 Å². The Bertz CT molecular complexity index is 364. The Labute approximate surface area is 104 Å². The standard InChI is InChI=1S/C14H23N3/c1-4-11(2)16-14-12(7-5-9-15-14)13-8-6-10-17(13)3/h5,7,9,11,13H,4,6,8,10H2,1-3H3,(H,15,16)/t11-,13-/m0/s1. The van der Waals surface area contributed by atoms with E-state index < -0.39 is 0 Å². The van der Waals surface area contributed by atoms with E-state index in [9.17, 15) is 0 Å². The van der Waals surface area contributed by atoms with Gasteiger partial charge in [0.2, 0.25) is 0 Å². The van der Waals surface area contributed by atoms with Gasteiger partial charge < -0.3 is 5.32 Å². The van der Waals surface area contributed by atoms with E-state index in [4.69, 9.17) is 0 Å². The van der Waals surface area contributed by atoms with Gasteiger partial charge in [-0.3, -0.25) is 4.90 Å². The number of pyridine rings is 1. The van der Waals surface area contributed by atoms with Crippen LogP contribution in [-0.2, 0) is 0 Å². The third kappa shape index (κ3) is 2.78. The minimum absolute atomic E-state index is 0.482. The Morgan fingerprint density at radius 2 is 2.41 bits per heavy atom. The van der Waals surface area contributed by atoms with Crippen molar-refractivity contribution in [1.29, 1.82) is 0 Å². The largest absolute Gasteiger partial charge is 0.367 e. The highest BCUT2D eigenvalue weighted by Gasteiger charge is 2.25. The van der Waals surface area contributed by atoms with Gasteiger partial charge in [0.05, 0.1) is 0 Å². The van der Waals surface area contributed by atoms with Crippen molar-refractivity contribution in [2.45, 2.75) is 45.2 Å². The lowest BCUT2D eigenvalue weighted by atomic mass is 10.1. The average molecular weight is 233 g/mol. The molecule has 0 unspecified atom stereocenters. The van der Waals surface area contributed by atoms with Crippen LogP contribution in [0.15, 0.2) is 18.3 Å². The summed E-state index contributed by atoms with van der Waals surface area (Å²) >= 11 is 0. The molecule has 0 aliphatic carbocycles. The van der Waals surface area contributed by atoms with Crippen LogP contribution in [0.1, 0.15) is 44.7 Å². The molecule has 17 heavy (non-hydrogen) atoms. The summed E-state index contributed by atoms with van der Waals surface area (Å²) in [6, 6.07) is 5.28. The number of anilines is 1. The van der Waals surface area contributed by atoms with E-state index in [1.54, 1.807) is 0 Å². The number of aromatic nitrogens is 1. The van der Waals surface area contributed by atoms with Gasteiger partial charge in [-0.25, -0.2) is 4.98 Å². The summed E-state index contributed by atoms with van der Waals surface area (Å²) in [7, 11) is 2.21. The van der Waals surface area contributed by atoms with Gasteiger partial charge in [-0.2, -0.15) is 0 Å². The highest BCUT2D eigenvalue weighted by molar-refractivity contribution is 5.46. The zero-order chi connectivity index (χ0) is 12.3. The van der Waals surface area contributed by atoms with Crippen molar-refractivity contribution in [2.75, 3.05) is 18.9 Å². The molecule has 0 amide bonds. The number of nitrogens with zero attached hydrogens (tertiary/aromatic N) is 2. The molecule has 0 radical (unpaired) electrons. The molecule has 1 aromatic rings. The molecule has 2 rings (SSSR count). The summed E-state index contributed by atoms with van der Waals surface area (Å²) < 4.78 is 0. The van der Waals surface area contributed by atoms with Crippen LogP contribution in [0, 0.1) is 0 Å². The Hall–Kier alpha value is -1.09. The van der Waals surface area contributed by atoms with Gasteiger partial charge in [0, 0.05) is 23.8 Å². The van der Waals surface area contributed by atoms with Crippen LogP contribution in [0.2, 0.25) is 0 Å². The Balaban J connectivity index is 2.21.